The van der Waals surface area contributed by atoms with Crippen LogP contribution in [0.5, 0.6) is 0 Å². The molecule has 0 aromatic carbocycles. The summed E-state index contributed by atoms with van der Waals surface area (Å²) in [6.45, 7) is 5.44. The lowest BCUT2D eigenvalue weighted by Crippen LogP contribution is -2.48. The van der Waals surface area contributed by atoms with Crippen molar-refractivity contribution < 1.29 is 9.90 Å². The lowest BCUT2D eigenvalue weighted by molar-refractivity contribution is -0.00811. The van der Waals surface area contributed by atoms with Crippen LogP contribution in [0.2, 0.25) is 0 Å². The number of nitrogens with zero attached hydrogens (tertiary/aromatic N) is 3. The Hall–Kier alpha value is -2.21. The van der Waals surface area contributed by atoms with Gasteiger partial charge in [0.1, 0.15) is 5.56 Å². The molecule has 0 aliphatic heterocycles. The van der Waals surface area contributed by atoms with Crippen LogP contribution in [-0.2, 0) is 6.42 Å². The first-order valence-corrected chi connectivity index (χ1v) is 9.41. The fourth-order valence-corrected chi connectivity index (χ4v) is 4.50. The summed E-state index contributed by atoms with van der Waals surface area (Å²) in [4.78, 5) is 16.9. The van der Waals surface area contributed by atoms with Gasteiger partial charge in [0.2, 0.25) is 0 Å². The van der Waals surface area contributed by atoms with Crippen LogP contribution in [0.3, 0.4) is 0 Å². The van der Waals surface area contributed by atoms with Crippen molar-refractivity contribution >= 4 is 11.6 Å². The number of aliphatic hydroxyl groups is 1. The third kappa shape index (κ3) is 2.82. The van der Waals surface area contributed by atoms with Crippen molar-refractivity contribution in [3.8, 4) is 0 Å². The monoisotopic (exact) mass is 354 g/mol. The third-order valence-electron chi connectivity index (χ3n) is 6.34. The predicted molar refractivity (Wildman–Crippen MR) is 98.8 cm³/mol. The van der Waals surface area contributed by atoms with Crippen LogP contribution in [0.15, 0.2) is 30.2 Å². The van der Waals surface area contributed by atoms with Gasteiger partial charge in [-0.05, 0) is 48.5 Å². The van der Waals surface area contributed by atoms with Crippen LogP contribution in [0.1, 0.15) is 49.0 Å². The van der Waals surface area contributed by atoms with E-state index < -0.39 is 0 Å². The smallest absolute Gasteiger partial charge is 0.256 e. The molecule has 3 aliphatic rings. The summed E-state index contributed by atoms with van der Waals surface area (Å²) >= 11 is 0. The molecule has 2 N–H and O–H groups in total. The number of amides is 1. The molecule has 0 saturated heterocycles. The fourth-order valence-electron chi connectivity index (χ4n) is 4.50. The second kappa shape index (κ2) is 6.50. The molecule has 2 aromatic heterocycles. The lowest BCUT2D eigenvalue weighted by atomic mass is 9.48. The zero-order valence-corrected chi connectivity index (χ0v) is 15.4. The quantitative estimate of drug-likeness (QED) is 0.781. The van der Waals surface area contributed by atoms with Gasteiger partial charge in [0.25, 0.3) is 5.91 Å². The van der Waals surface area contributed by atoms with Gasteiger partial charge >= 0.3 is 0 Å². The van der Waals surface area contributed by atoms with Crippen LogP contribution in [0, 0.1) is 17.3 Å². The molecule has 2 aromatic rings. The molecule has 0 unspecified atom stereocenters. The number of carbonyl (C=O) groups is 1. The number of aliphatic hydroxyl groups excluding tert-OH is 1. The van der Waals surface area contributed by atoms with E-state index in [0.29, 0.717) is 35.5 Å². The first-order chi connectivity index (χ1) is 12.5. The molecule has 0 radical (unpaired) electrons. The minimum Gasteiger partial charge on any atom is -0.396 e. The highest BCUT2D eigenvalue weighted by molar-refractivity contribution is 5.99. The SMILES string of the molecule is CC1(C)[C@H]2CC=C(CCNC(=O)c3cnn4cc(CCO)cnc34)[C@@H]1C2. The second-order valence-electron chi connectivity index (χ2n) is 8.09. The van der Waals surface area contributed by atoms with Crippen molar-refractivity contribution in [3.05, 3.63) is 41.4 Å². The molecule has 5 rings (SSSR count). The van der Waals surface area contributed by atoms with Gasteiger partial charge in [-0.1, -0.05) is 25.5 Å². The Morgan fingerprint density at radius 1 is 1.38 bits per heavy atom. The Kier molecular flexibility index (Phi) is 4.31. The Balaban J connectivity index is 1.38. The second-order valence-corrected chi connectivity index (χ2v) is 8.09. The number of rotatable bonds is 6. The maximum Gasteiger partial charge on any atom is 0.256 e. The van der Waals surface area contributed by atoms with E-state index >= 15 is 0 Å². The molecule has 2 heterocycles. The molecule has 2 bridgehead atoms. The zero-order chi connectivity index (χ0) is 18.3. The number of allylic oxidation sites excluding steroid dienone is 1. The molecule has 3 aliphatic carbocycles. The van der Waals surface area contributed by atoms with Gasteiger partial charge in [0, 0.05) is 25.5 Å². The van der Waals surface area contributed by atoms with Crippen molar-refractivity contribution in [1.82, 2.24) is 19.9 Å². The summed E-state index contributed by atoms with van der Waals surface area (Å²) in [5.74, 6) is 1.39. The molecule has 138 valence electrons. The van der Waals surface area contributed by atoms with E-state index in [4.69, 9.17) is 5.11 Å². The van der Waals surface area contributed by atoms with Gasteiger partial charge < -0.3 is 10.4 Å². The highest BCUT2D eigenvalue weighted by Gasteiger charge is 2.50. The van der Waals surface area contributed by atoms with Gasteiger partial charge in [-0.2, -0.15) is 5.10 Å². The highest BCUT2D eigenvalue weighted by atomic mass is 16.3. The molecular weight excluding hydrogens is 328 g/mol. The first-order valence-electron chi connectivity index (χ1n) is 9.41. The lowest BCUT2D eigenvalue weighted by Gasteiger charge is -2.56. The molecule has 1 fully saturated rings. The summed E-state index contributed by atoms with van der Waals surface area (Å²) in [5.41, 5.74) is 3.85. The van der Waals surface area contributed by atoms with Crippen molar-refractivity contribution in [3.63, 3.8) is 0 Å². The van der Waals surface area contributed by atoms with Gasteiger partial charge in [-0.3, -0.25) is 4.79 Å². The van der Waals surface area contributed by atoms with Crippen LogP contribution < -0.4 is 5.32 Å². The summed E-state index contributed by atoms with van der Waals surface area (Å²) < 4.78 is 1.60. The van der Waals surface area contributed by atoms with E-state index in [9.17, 15) is 4.79 Å². The van der Waals surface area contributed by atoms with Crippen LogP contribution >= 0.6 is 0 Å². The maximum absolute atomic E-state index is 12.5. The molecular formula is C20H26N4O2. The average Bonchev–Trinajstić information content (AvgIpc) is 3.05. The van der Waals surface area contributed by atoms with E-state index in [0.717, 1.165) is 17.9 Å². The van der Waals surface area contributed by atoms with E-state index in [2.05, 4.69) is 35.3 Å². The van der Waals surface area contributed by atoms with Crippen LogP contribution in [0.25, 0.3) is 5.65 Å². The minimum absolute atomic E-state index is 0.0657. The fraction of sp³-hybridized carbons (Fsp3) is 0.550. The van der Waals surface area contributed by atoms with Crippen LogP contribution in [0.4, 0.5) is 0 Å². The molecule has 6 nitrogen and oxygen atoms in total. The molecule has 6 heteroatoms. The van der Waals surface area contributed by atoms with E-state index in [1.54, 1.807) is 23.1 Å². The summed E-state index contributed by atoms with van der Waals surface area (Å²) in [7, 11) is 0. The predicted octanol–water partition coefficient (Wildman–Crippen LogP) is 2.38. The number of hydrogen-bond acceptors (Lipinski definition) is 4. The maximum atomic E-state index is 12.5. The molecule has 1 amide bonds. The van der Waals surface area contributed by atoms with Crippen LogP contribution in [-0.4, -0.2) is 38.8 Å². The van der Waals surface area contributed by atoms with E-state index in [-0.39, 0.29) is 12.5 Å². The largest absolute Gasteiger partial charge is 0.396 e. The average molecular weight is 354 g/mol. The standard InChI is InChI=1S/C20H26N4O2/c1-20(2)15-4-3-14(17(20)9-15)5-7-21-19(26)16-11-23-24-12-13(6-8-25)10-22-18(16)24/h3,10-12,15,17,25H,4-9H2,1-2H3,(H,21,26)/t15-,17-/m0/s1. The van der Waals surface area contributed by atoms with Crippen molar-refractivity contribution in [2.24, 2.45) is 17.3 Å². The summed E-state index contributed by atoms with van der Waals surface area (Å²) in [5, 5.41) is 16.3. The normalized spacial score (nSPS) is 23.4. The van der Waals surface area contributed by atoms with E-state index in [1.165, 1.54) is 18.4 Å². The Bertz CT molecular complexity index is 868. The summed E-state index contributed by atoms with van der Waals surface area (Å²) in [6, 6.07) is 0. The van der Waals surface area contributed by atoms with Gasteiger partial charge in [0.15, 0.2) is 5.65 Å². The summed E-state index contributed by atoms with van der Waals surface area (Å²) in [6.07, 6.45) is 11.4. The number of nitrogens with one attached hydrogen (secondary N) is 1. The van der Waals surface area contributed by atoms with Crippen molar-refractivity contribution in [1.29, 1.82) is 0 Å². The number of hydrogen-bond donors (Lipinski definition) is 2. The molecule has 2 atom stereocenters. The molecule has 1 saturated carbocycles. The Labute approximate surface area is 153 Å². The molecule has 26 heavy (non-hydrogen) atoms. The minimum atomic E-state index is -0.135. The number of fused-ring (bicyclic) bond motifs is 2. The van der Waals surface area contributed by atoms with Gasteiger partial charge in [-0.25, -0.2) is 9.50 Å². The van der Waals surface area contributed by atoms with Crippen molar-refractivity contribution in [2.75, 3.05) is 13.2 Å². The first kappa shape index (κ1) is 17.2. The zero-order valence-electron chi connectivity index (χ0n) is 15.4. The number of aromatic nitrogens is 3. The van der Waals surface area contributed by atoms with Gasteiger partial charge in [0.05, 0.1) is 6.20 Å². The Morgan fingerprint density at radius 3 is 2.96 bits per heavy atom. The van der Waals surface area contributed by atoms with Crippen molar-refractivity contribution in [2.45, 2.75) is 39.5 Å². The third-order valence-corrected chi connectivity index (χ3v) is 6.34. The van der Waals surface area contributed by atoms with E-state index in [1.807, 2.05) is 0 Å². The Morgan fingerprint density at radius 2 is 2.23 bits per heavy atom. The number of carbonyl (C=O) groups excluding carboxylic acids is 1. The topological polar surface area (TPSA) is 79.5 Å². The highest BCUT2D eigenvalue weighted by Crippen LogP contribution is 2.59. The van der Waals surface area contributed by atoms with Gasteiger partial charge in [-0.15, -0.1) is 0 Å². The molecule has 0 spiro atoms.